The van der Waals surface area contributed by atoms with E-state index in [4.69, 9.17) is 0 Å². The molecule has 0 saturated heterocycles. The molecule has 0 heterocycles. The van der Waals surface area contributed by atoms with Crippen molar-refractivity contribution in [1.82, 2.24) is 4.90 Å². The zero-order chi connectivity index (χ0) is 12.9. The molecule has 0 atom stereocenters. The SMILES string of the molecule is CN(CCc1ccc(Br)cc1)CCS(C)(=O)=O. The lowest BCUT2D eigenvalue weighted by molar-refractivity contribution is 0.358. The Kier molecular flexibility index (Phi) is 5.62. The summed E-state index contributed by atoms with van der Waals surface area (Å²) < 4.78 is 23.1. The van der Waals surface area contributed by atoms with Crippen molar-refractivity contribution in [2.24, 2.45) is 0 Å². The highest BCUT2D eigenvalue weighted by molar-refractivity contribution is 9.10. The number of benzene rings is 1. The summed E-state index contributed by atoms with van der Waals surface area (Å²) >= 11 is 3.40. The number of likely N-dealkylation sites (N-methyl/N-ethyl adjacent to an activating group) is 1. The molecule has 0 aliphatic carbocycles. The third-order valence-electron chi connectivity index (χ3n) is 2.54. The molecule has 1 aromatic rings. The average molecular weight is 320 g/mol. The largest absolute Gasteiger partial charge is 0.305 e. The van der Waals surface area contributed by atoms with Crippen LogP contribution < -0.4 is 0 Å². The van der Waals surface area contributed by atoms with Crippen LogP contribution in [0.3, 0.4) is 0 Å². The molecule has 17 heavy (non-hydrogen) atoms. The maximum absolute atomic E-state index is 11.0. The lowest BCUT2D eigenvalue weighted by atomic mass is 10.1. The Bertz CT molecular complexity index is 442. The van der Waals surface area contributed by atoms with E-state index in [1.165, 1.54) is 11.8 Å². The van der Waals surface area contributed by atoms with Crippen molar-refractivity contribution in [3.63, 3.8) is 0 Å². The van der Waals surface area contributed by atoms with Crippen molar-refractivity contribution in [2.75, 3.05) is 32.1 Å². The molecule has 1 aromatic carbocycles. The van der Waals surface area contributed by atoms with Crippen LogP contribution in [0.1, 0.15) is 5.56 Å². The molecular weight excluding hydrogens is 302 g/mol. The minimum Gasteiger partial charge on any atom is -0.305 e. The van der Waals surface area contributed by atoms with Crippen LogP contribution in [0.4, 0.5) is 0 Å². The van der Waals surface area contributed by atoms with E-state index in [2.05, 4.69) is 28.1 Å². The molecule has 0 radical (unpaired) electrons. The molecule has 0 bridgehead atoms. The second-order valence-electron chi connectivity index (χ2n) is 4.31. The first-order valence-corrected chi connectivity index (χ1v) is 8.33. The Morgan fingerprint density at radius 3 is 2.29 bits per heavy atom. The van der Waals surface area contributed by atoms with E-state index >= 15 is 0 Å². The molecule has 0 aliphatic heterocycles. The predicted octanol–water partition coefficient (Wildman–Crippen LogP) is 1.97. The number of sulfone groups is 1. The second kappa shape index (κ2) is 6.52. The summed E-state index contributed by atoms with van der Waals surface area (Å²) in [5.41, 5.74) is 1.26. The fourth-order valence-electron chi connectivity index (χ4n) is 1.40. The van der Waals surface area contributed by atoms with Crippen LogP contribution in [0.25, 0.3) is 0 Å². The van der Waals surface area contributed by atoms with E-state index < -0.39 is 9.84 Å². The van der Waals surface area contributed by atoms with Gasteiger partial charge in [-0.15, -0.1) is 0 Å². The smallest absolute Gasteiger partial charge is 0.148 e. The van der Waals surface area contributed by atoms with Crippen molar-refractivity contribution in [2.45, 2.75) is 6.42 Å². The van der Waals surface area contributed by atoms with Gasteiger partial charge in [0, 0.05) is 23.8 Å². The molecular formula is C12H18BrNO2S. The standard InChI is InChI=1S/C12H18BrNO2S/c1-14(9-10-17(2,15)16)8-7-11-3-5-12(13)6-4-11/h3-6H,7-10H2,1-2H3. The molecule has 0 spiro atoms. The summed E-state index contributed by atoms with van der Waals surface area (Å²) in [6.45, 7) is 1.46. The van der Waals surface area contributed by atoms with Crippen molar-refractivity contribution in [3.05, 3.63) is 34.3 Å². The lowest BCUT2D eigenvalue weighted by Crippen LogP contribution is -2.27. The number of hydrogen-bond donors (Lipinski definition) is 0. The molecule has 0 unspecified atom stereocenters. The molecule has 0 aromatic heterocycles. The third-order valence-corrected chi connectivity index (χ3v) is 3.99. The van der Waals surface area contributed by atoms with Gasteiger partial charge in [0.1, 0.15) is 9.84 Å². The topological polar surface area (TPSA) is 37.4 Å². The van der Waals surface area contributed by atoms with Crippen molar-refractivity contribution >= 4 is 25.8 Å². The Hall–Kier alpha value is -0.390. The van der Waals surface area contributed by atoms with E-state index in [1.54, 1.807) is 0 Å². The first-order valence-electron chi connectivity index (χ1n) is 5.47. The number of rotatable bonds is 6. The maximum atomic E-state index is 11.0. The van der Waals surface area contributed by atoms with Crippen LogP contribution in [0.5, 0.6) is 0 Å². The van der Waals surface area contributed by atoms with Crippen molar-refractivity contribution in [1.29, 1.82) is 0 Å². The van der Waals surface area contributed by atoms with Gasteiger partial charge in [0.05, 0.1) is 5.75 Å². The lowest BCUT2D eigenvalue weighted by Gasteiger charge is -2.15. The molecule has 0 aliphatic rings. The van der Waals surface area contributed by atoms with E-state index in [0.29, 0.717) is 6.54 Å². The Morgan fingerprint density at radius 1 is 1.18 bits per heavy atom. The molecule has 0 amide bonds. The van der Waals surface area contributed by atoms with Gasteiger partial charge < -0.3 is 4.90 Å². The Morgan fingerprint density at radius 2 is 1.76 bits per heavy atom. The number of hydrogen-bond acceptors (Lipinski definition) is 3. The van der Waals surface area contributed by atoms with Gasteiger partial charge in [0.2, 0.25) is 0 Å². The van der Waals surface area contributed by atoms with E-state index in [9.17, 15) is 8.42 Å². The van der Waals surface area contributed by atoms with Gasteiger partial charge in [-0.2, -0.15) is 0 Å². The summed E-state index contributed by atoms with van der Waals surface area (Å²) in [6.07, 6.45) is 2.21. The molecule has 3 nitrogen and oxygen atoms in total. The van der Waals surface area contributed by atoms with E-state index in [0.717, 1.165) is 17.4 Å². The summed E-state index contributed by atoms with van der Waals surface area (Å²) in [6, 6.07) is 8.20. The van der Waals surface area contributed by atoms with Crippen LogP contribution in [0.15, 0.2) is 28.7 Å². The fourth-order valence-corrected chi connectivity index (χ4v) is 2.31. The maximum Gasteiger partial charge on any atom is 0.148 e. The van der Waals surface area contributed by atoms with Crippen LogP contribution in [0, 0.1) is 0 Å². The normalized spacial score (nSPS) is 12.0. The zero-order valence-electron chi connectivity index (χ0n) is 10.2. The van der Waals surface area contributed by atoms with Gasteiger partial charge in [-0.25, -0.2) is 8.42 Å². The quantitative estimate of drug-likeness (QED) is 0.804. The van der Waals surface area contributed by atoms with Crippen LogP contribution in [-0.4, -0.2) is 45.5 Å². The number of nitrogens with zero attached hydrogens (tertiary/aromatic N) is 1. The molecule has 0 fully saturated rings. The van der Waals surface area contributed by atoms with Gasteiger partial charge in [-0.05, 0) is 31.2 Å². The van der Waals surface area contributed by atoms with Gasteiger partial charge in [0.15, 0.2) is 0 Å². The minimum atomic E-state index is -2.86. The first kappa shape index (κ1) is 14.7. The second-order valence-corrected chi connectivity index (χ2v) is 7.49. The average Bonchev–Trinajstić information content (AvgIpc) is 2.25. The zero-order valence-corrected chi connectivity index (χ0v) is 12.6. The first-order chi connectivity index (χ1) is 7.87. The number of halogens is 1. The van der Waals surface area contributed by atoms with Crippen LogP contribution in [-0.2, 0) is 16.3 Å². The van der Waals surface area contributed by atoms with Crippen molar-refractivity contribution in [3.8, 4) is 0 Å². The minimum absolute atomic E-state index is 0.226. The monoisotopic (exact) mass is 319 g/mol. The highest BCUT2D eigenvalue weighted by Gasteiger charge is 2.05. The fraction of sp³-hybridized carbons (Fsp3) is 0.500. The summed E-state index contributed by atoms with van der Waals surface area (Å²) in [5.74, 6) is 0.226. The van der Waals surface area contributed by atoms with Crippen molar-refractivity contribution < 1.29 is 8.42 Å². The Balaban J connectivity index is 2.33. The molecule has 96 valence electrons. The highest BCUT2D eigenvalue weighted by Crippen LogP contribution is 2.11. The summed E-state index contributed by atoms with van der Waals surface area (Å²) in [5, 5.41) is 0. The summed E-state index contributed by atoms with van der Waals surface area (Å²) in [4.78, 5) is 2.04. The summed E-state index contributed by atoms with van der Waals surface area (Å²) in [7, 11) is -0.907. The molecule has 1 rings (SSSR count). The van der Waals surface area contributed by atoms with Gasteiger partial charge in [-0.1, -0.05) is 28.1 Å². The van der Waals surface area contributed by atoms with Crippen LogP contribution in [0.2, 0.25) is 0 Å². The predicted molar refractivity (Wildman–Crippen MR) is 75.1 cm³/mol. The molecule has 0 N–H and O–H groups in total. The van der Waals surface area contributed by atoms with Gasteiger partial charge in [-0.3, -0.25) is 0 Å². The third kappa shape index (κ3) is 6.81. The molecule has 0 saturated carbocycles. The highest BCUT2D eigenvalue weighted by atomic mass is 79.9. The van der Waals surface area contributed by atoms with Gasteiger partial charge >= 0.3 is 0 Å². The molecule has 5 heteroatoms. The van der Waals surface area contributed by atoms with Gasteiger partial charge in [0.25, 0.3) is 0 Å². The van der Waals surface area contributed by atoms with Crippen LogP contribution >= 0.6 is 15.9 Å². The van der Waals surface area contributed by atoms with E-state index in [1.807, 2.05) is 24.1 Å². The van der Waals surface area contributed by atoms with E-state index in [-0.39, 0.29) is 5.75 Å². The Labute approximate surface area is 112 Å².